The lowest BCUT2D eigenvalue weighted by atomic mass is 10.0. The van der Waals surface area contributed by atoms with Crippen LogP contribution in [0.25, 0.3) is 5.65 Å². The van der Waals surface area contributed by atoms with E-state index in [4.69, 9.17) is 4.74 Å². The SMILES string of the molecule is Cc1cccn2cc(COc3ccccc3C(=O)NCC3CNC3)nc12.Cl.Cl. The number of carbonyl (C=O) groups excluding carboxylic acids is 1. The van der Waals surface area contributed by atoms with Gasteiger partial charge in [0.2, 0.25) is 0 Å². The Morgan fingerprint density at radius 2 is 2.04 bits per heavy atom. The summed E-state index contributed by atoms with van der Waals surface area (Å²) < 4.78 is 7.90. The Balaban J connectivity index is 0.00000140. The van der Waals surface area contributed by atoms with Crippen LogP contribution >= 0.6 is 24.8 Å². The standard InChI is InChI=1S/C20H22N4O2.2ClH/c1-14-5-4-8-24-12-16(23-19(14)24)13-26-18-7-3-2-6-17(18)20(25)22-11-15-9-21-10-15;;/h2-8,12,15,21H,9-11,13H2,1H3,(H,22,25);2*1H. The van der Waals surface area contributed by atoms with E-state index in [0.29, 0.717) is 30.4 Å². The molecule has 28 heavy (non-hydrogen) atoms. The predicted molar refractivity (Wildman–Crippen MR) is 114 cm³/mol. The summed E-state index contributed by atoms with van der Waals surface area (Å²) in [4.78, 5) is 17.1. The molecule has 1 fully saturated rings. The molecule has 1 aromatic carbocycles. The van der Waals surface area contributed by atoms with Crippen LogP contribution in [0.2, 0.25) is 0 Å². The number of nitrogens with one attached hydrogen (secondary N) is 2. The first-order valence-electron chi connectivity index (χ1n) is 8.84. The minimum absolute atomic E-state index is 0. The van der Waals surface area contributed by atoms with Crippen LogP contribution in [0, 0.1) is 12.8 Å². The van der Waals surface area contributed by atoms with Gasteiger partial charge in [-0.3, -0.25) is 4.79 Å². The second-order valence-corrected chi connectivity index (χ2v) is 6.67. The van der Waals surface area contributed by atoms with Crippen LogP contribution < -0.4 is 15.4 Å². The number of aromatic nitrogens is 2. The monoisotopic (exact) mass is 422 g/mol. The third kappa shape index (κ3) is 4.76. The lowest BCUT2D eigenvalue weighted by molar-refractivity contribution is 0.0937. The third-order valence-electron chi connectivity index (χ3n) is 4.65. The molecule has 0 aliphatic carbocycles. The molecular formula is C20H24Cl2N4O2. The van der Waals surface area contributed by atoms with Gasteiger partial charge in [-0.25, -0.2) is 4.98 Å². The van der Waals surface area contributed by atoms with E-state index in [0.717, 1.165) is 30.0 Å². The Morgan fingerprint density at radius 3 is 2.75 bits per heavy atom. The fourth-order valence-corrected chi connectivity index (χ4v) is 3.03. The van der Waals surface area contributed by atoms with Crippen molar-refractivity contribution in [1.82, 2.24) is 20.0 Å². The number of halogens is 2. The molecule has 0 saturated carbocycles. The van der Waals surface area contributed by atoms with Crippen LogP contribution in [0.1, 0.15) is 21.6 Å². The first-order chi connectivity index (χ1) is 12.7. The van der Waals surface area contributed by atoms with Crippen LogP contribution in [0.4, 0.5) is 0 Å². The number of rotatable bonds is 6. The van der Waals surface area contributed by atoms with Gasteiger partial charge in [0.25, 0.3) is 5.91 Å². The molecule has 0 unspecified atom stereocenters. The molecule has 6 nitrogen and oxygen atoms in total. The summed E-state index contributed by atoms with van der Waals surface area (Å²) in [7, 11) is 0. The van der Waals surface area contributed by atoms with Crippen molar-refractivity contribution in [1.29, 1.82) is 0 Å². The minimum Gasteiger partial charge on any atom is -0.486 e. The van der Waals surface area contributed by atoms with E-state index in [1.807, 2.05) is 54.0 Å². The van der Waals surface area contributed by atoms with Gasteiger partial charge in [-0.15, -0.1) is 24.8 Å². The molecule has 1 amide bonds. The average molecular weight is 423 g/mol. The highest BCUT2D eigenvalue weighted by Gasteiger charge is 2.19. The Hall–Kier alpha value is -2.28. The molecule has 0 atom stereocenters. The zero-order chi connectivity index (χ0) is 17.9. The Labute approximate surface area is 176 Å². The summed E-state index contributed by atoms with van der Waals surface area (Å²) in [6, 6.07) is 11.4. The topological polar surface area (TPSA) is 67.7 Å². The molecule has 0 radical (unpaired) electrons. The largest absolute Gasteiger partial charge is 0.486 e. The van der Waals surface area contributed by atoms with Gasteiger partial charge in [0.1, 0.15) is 18.0 Å². The third-order valence-corrected chi connectivity index (χ3v) is 4.65. The Kier molecular flexibility index (Phi) is 7.69. The maximum absolute atomic E-state index is 12.5. The van der Waals surface area contributed by atoms with Gasteiger partial charge in [-0.05, 0) is 30.7 Å². The lowest BCUT2D eigenvalue weighted by Crippen LogP contribution is -2.48. The van der Waals surface area contributed by atoms with Crippen LogP contribution in [-0.2, 0) is 6.61 Å². The van der Waals surface area contributed by atoms with Crippen molar-refractivity contribution in [3.05, 3.63) is 65.6 Å². The highest BCUT2D eigenvalue weighted by atomic mass is 35.5. The van der Waals surface area contributed by atoms with E-state index in [1.54, 1.807) is 6.07 Å². The van der Waals surface area contributed by atoms with E-state index in [-0.39, 0.29) is 30.7 Å². The predicted octanol–water partition coefficient (Wildman–Crippen LogP) is 3.01. The van der Waals surface area contributed by atoms with Gasteiger partial charge < -0.3 is 19.8 Å². The number of hydrogen-bond donors (Lipinski definition) is 2. The van der Waals surface area contributed by atoms with Gasteiger partial charge in [0.05, 0.1) is 11.3 Å². The normalized spacial score (nSPS) is 13.2. The van der Waals surface area contributed by atoms with Gasteiger partial charge in [-0.2, -0.15) is 0 Å². The first kappa shape index (κ1) is 22.0. The fourth-order valence-electron chi connectivity index (χ4n) is 3.03. The number of para-hydroxylation sites is 1. The number of pyridine rings is 1. The highest BCUT2D eigenvalue weighted by Crippen LogP contribution is 2.20. The molecule has 2 N–H and O–H groups in total. The molecule has 1 saturated heterocycles. The second kappa shape index (κ2) is 9.78. The smallest absolute Gasteiger partial charge is 0.255 e. The van der Waals surface area contributed by atoms with Gasteiger partial charge in [-0.1, -0.05) is 18.2 Å². The summed E-state index contributed by atoms with van der Waals surface area (Å²) >= 11 is 0. The molecule has 3 aromatic rings. The Bertz CT molecular complexity index is 941. The summed E-state index contributed by atoms with van der Waals surface area (Å²) in [5.41, 5.74) is 3.42. The maximum atomic E-state index is 12.5. The molecule has 4 rings (SSSR count). The van der Waals surface area contributed by atoms with E-state index in [9.17, 15) is 4.79 Å². The molecular weight excluding hydrogens is 399 g/mol. The van der Waals surface area contributed by atoms with Gasteiger partial charge in [0, 0.05) is 37.9 Å². The summed E-state index contributed by atoms with van der Waals surface area (Å²) in [5.74, 6) is 0.997. The number of carbonyl (C=O) groups is 1. The molecule has 8 heteroatoms. The van der Waals surface area contributed by atoms with E-state index < -0.39 is 0 Å². The number of fused-ring (bicyclic) bond motifs is 1. The highest BCUT2D eigenvalue weighted by molar-refractivity contribution is 5.96. The molecule has 3 heterocycles. The quantitative estimate of drug-likeness (QED) is 0.640. The van der Waals surface area contributed by atoms with Crippen molar-refractivity contribution in [2.75, 3.05) is 19.6 Å². The number of ether oxygens (including phenoxy) is 1. The zero-order valence-corrected chi connectivity index (χ0v) is 17.2. The van der Waals surface area contributed by atoms with E-state index in [2.05, 4.69) is 15.6 Å². The number of hydrogen-bond acceptors (Lipinski definition) is 4. The van der Waals surface area contributed by atoms with Crippen LogP contribution in [0.3, 0.4) is 0 Å². The fraction of sp³-hybridized carbons (Fsp3) is 0.300. The lowest BCUT2D eigenvalue weighted by Gasteiger charge is -2.27. The molecule has 1 aliphatic rings. The number of benzene rings is 1. The van der Waals surface area contributed by atoms with Crippen molar-refractivity contribution in [3.63, 3.8) is 0 Å². The van der Waals surface area contributed by atoms with Crippen molar-refractivity contribution < 1.29 is 9.53 Å². The van der Waals surface area contributed by atoms with Crippen molar-refractivity contribution in [2.45, 2.75) is 13.5 Å². The second-order valence-electron chi connectivity index (χ2n) is 6.67. The molecule has 0 spiro atoms. The van der Waals surface area contributed by atoms with E-state index in [1.165, 1.54) is 0 Å². The Morgan fingerprint density at radius 1 is 1.25 bits per heavy atom. The zero-order valence-electron chi connectivity index (χ0n) is 15.6. The molecule has 150 valence electrons. The number of nitrogens with zero attached hydrogens (tertiary/aromatic N) is 2. The summed E-state index contributed by atoms with van der Waals surface area (Å²) in [6.45, 7) is 4.96. The molecule has 2 aromatic heterocycles. The number of imidazole rings is 1. The minimum atomic E-state index is -0.0988. The number of amides is 1. The molecule has 1 aliphatic heterocycles. The number of aryl methyl sites for hydroxylation is 1. The maximum Gasteiger partial charge on any atom is 0.255 e. The van der Waals surface area contributed by atoms with Crippen LogP contribution in [-0.4, -0.2) is 34.9 Å². The van der Waals surface area contributed by atoms with Crippen LogP contribution in [0.15, 0.2) is 48.8 Å². The van der Waals surface area contributed by atoms with Gasteiger partial charge >= 0.3 is 0 Å². The summed E-state index contributed by atoms with van der Waals surface area (Å²) in [6.07, 6.45) is 3.92. The van der Waals surface area contributed by atoms with Crippen molar-refractivity contribution >= 4 is 36.4 Å². The average Bonchev–Trinajstić information content (AvgIpc) is 3.03. The van der Waals surface area contributed by atoms with Crippen molar-refractivity contribution in [3.8, 4) is 5.75 Å². The van der Waals surface area contributed by atoms with Gasteiger partial charge in [0.15, 0.2) is 0 Å². The van der Waals surface area contributed by atoms with Crippen molar-refractivity contribution in [2.24, 2.45) is 5.92 Å². The van der Waals surface area contributed by atoms with E-state index >= 15 is 0 Å². The molecule has 0 bridgehead atoms. The van der Waals surface area contributed by atoms with Crippen LogP contribution in [0.5, 0.6) is 5.75 Å². The first-order valence-corrected chi connectivity index (χ1v) is 8.84. The summed E-state index contributed by atoms with van der Waals surface area (Å²) in [5, 5.41) is 6.19.